The second-order valence-corrected chi connectivity index (χ2v) is 11.4. The summed E-state index contributed by atoms with van der Waals surface area (Å²) in [6, 6.07) is 8.13. The van der Waals surface area contributed by atoms with E-state index in [9.17, 15) is 9.59 Å². The summed E-state index contributed by atoms with van der Waals surface area (Å²) >= 11 is 0. The molecule has 0 aliphatic carbocycles. The van der Waals surface area contributed by atoms with Crippen molar-refractivity contribution >= 4 is 17.8 Å². The monoisotopic (exact) mass is 549 g/mol. The fraction of sp³-hybridized carbons (Fsp3) is 0.611. The highest BCUT2D eigenvalue weighted by Gasteiger charge is 2.16. The quantitative estimate of drug-likeness (QED) is 0.0635. The molecule has 4 nitrogen and oxygen atoms in total. The number of benzene rings is 1. The largest absolute Gasteiger partial charge is 0.463 e. The molecule has 0 N–H and O–H groups in total. The zero-order chi connectivity index (χ0) is 29.0. The standard InChI is InChI=1S/C36H55NO3/c1-5-7-8-9-10-11-12-13-14-15-16-17-18-19-20-21-34(38)36-30(3)28-37(31(36)4)29-33-24-22-32(23-25-33)26-27-35(39)40-6-2/h22-28H,5-21,29H2,1-4H3/b27-26+. The number of hydrogen-bond donors (Lipinski definition) is 0. The number of aromatic nitrogens is 1. The van der Waals surface area contributed by atoms with E-state index in [1.807, 2.05) is 19.1 Å². The van der Waals surface area contributed by atoms with E-state index >= 15 is 0 Å². The van der Waals surface area contributed by atoms with Gasteiger partial charge < -0.3 is 9.30 Å². The number of carbonyl (C=O) groups is 2. The van der Waals surface area contributed by atoms with Gasteiger partial charge in [-0.15, -0.1) is 0 Å². The van der Waals surface area contributed by atoms with Crippen LogP contribution in [0.15, 0.2) is 36.5 Å². The van der Waals surface area contributed by atoms with Gasteiger partial charge in [0.05, 0.1) is 6.61 Å². The van der Waals surface area contributed by atoms with Crippen LogP contribution in [0.5, 0.6) is 0 Å². The van der Waals surface area contributed by atoms with E-state index in [-0.39, 0.29) is 11.8 Å². The molecule has 0 spiro atoms. The summed E-state index contributed by atoms with van der Waals surface area (Å²) in [4.78, 5) is 24.6. The molecule has 0 atom stereocenters. The normalized spacial score (nSPS) is 11.4. The zero-order valence-corrected chi connectivity index (χ0v) is 25.9. The molecule has 1 aromatic carbocycles. The molecule has 2 aromatic rings. The van der Waals surface area contributed by atoms with Crippen LogP contribution in [0.1, 0.15) is 149 Å². The van der Waals surface area contributed by atoms with Crippen molar-refractivity contribution in [2.45, 2.75) is 137 Å². The molecule has 0 bridgehead atoms. The minimum absolute atomic E-state index is 0.280. The van der Waals surface area contributed by atoms with Gasteiger partial charge in [0.1, 0.15) is 0 Å². The molecule has 0 aliphatic rings. The summed E-state index contributed by atoms with van der Waals surface area (Å²) in [5.74, 6) is -0.0468. The molecule has 0 amide bonds. The molecule has 0 unspecified atom stereocenters. The number of rotatable bonds is 22. The molecule has 0 saturated carbocycles. The summed E-state index contributed by atoms with van der Waals surface area (Å²) < 4.78 is 7.11. The third kappa shape index (κ3) is 13.2. The molecule has 1 heterocycles. The highest BCUT2D eigenvalue weighted by Crippen LogP contribution is 2.22. The zero-order valence-electron chi connectivity index (χ0n) is 25.9. The first-order valence-electron chi connectivity index (χ1n) is 16.1. The maximum atomic E-state index is 13.0. The van der Waals surface area contributed by atoms with Crippen LogP contribution in [0.2, 0.25) is 0 Å². The van der Waals surface area contributed by atoms with Crippen LogP contribution in [0.25, 0.3) is 6.08 Å². The Morgan fingerprint density at radius 2 is 1.27 bits per heavy atom. The maximum Gasteiger partial charge on any atom is 0.330 e. The van der Waals surface area contributed by atoms with Gasteiger partial charge in [-0.25, -0.2) is 4.79 Å². The molecular weight excluding hydrogens is 494 g/mol. The van der Waals surface area contributed by atoms with Crippen molar-refractivity contribution in [2.24, 2.45) is 0 Å². The Labute approximate surface area is 244 Å². The minimum Gasteiger partial charge on any atom is -0.463 e. The van der Waals surface area contributed by atoms with Gasteiger partial charge in [0, 0.05) is 36.5 Å². The number of esters is 1. The van der Waals surface area contributed by atoms with Crippen molar-refractivity contribution in [2.75, 3.05) is 6.61 Å². The Morgan fingerprint density at radius 3 is 1.80 bits per heavy atom. The van der Waals surface area contributed by atoms with Gasteiger partial charge in [0.25, 0.3) is 0 Å². The van der Waals surface area contributed by atoms with E-state index in [1.54, 1.807) is 13.0 Å². The summed E-state index contributed by atoms with van der Waals surface area (Å²) in [5.41, 5.74) is 5.14. The van der Waals surface area contributed by atoms with Crippen molar-refractivity contribution in [3.8, 4) is 0 Å². The van der Waals surface area contributed by atoms with Gasteiger partial charge in [-0.3, -0.25) is 4.79 Å². The van der Waals surface area contributed by atoms with Crippen LogP contribution in [-0.2, 0) is 16.1 Å². The van der Waals surface area contributed by atoms with E-state index < -0.39 is 0 Å². The van der Waals surface area contributed by atoms with Crippen molar-refractivity contribution in [3.05, 3.63) is 64.5 Å². The van der Waals surface area contributed by atoms with Crippen molar-refractivity contribution in [1.29, 1.82) is 0 Å². The molecule has 222 valence electrons. The SMILES string of the molecule is CCCCCCCCCCCCCCCCCC(=O)c1c(C)cn(Cc2ccc(/C=C/C(=O)OCC)cc2)c1C. The third-order valence-electron chi connectivity index (χ3n) is 7.85. The van der Waals surface area contributed by atoms with Gasteiger partial charge in [0.15, 0.2) is 5.78 Å². The highest BCUT2D eigenvalue weighted by atomic mass is 16.5. The van der Waals surface area contributed by atoms with Crippen LogP contribution in [-0.4, -0.2) is 22.9 Å². The van der Waals surface area contributed by atoms with E-state index in [1.165, 1.54) is 89.5 Å². The second-order valence-electron chi connectivity index (χ2n) is 11.4. The van der Waals surface area contributed by atoms with Gasteiger partial charge in [-0.2, -0.15) is 0 Å². The van der Waals surface area contributed by atoms with E-state index in [4.69, 9.17) is 4.74 Å². The lowest BCUT2D eigenvalue weighted by Crippen LogP contribution is -2.05. The van der Waals surface area contributed by atoms with E-state index in [0.717, 1.165) is 47.3 Å². The van der Waals surface area contributed by atoms with Crippen molar-refractivity contribution in [1.82, 2.24) is 4.57 Å². The number of ketones is 1. The molecule has 1 aromatic heterocycles. The number of ether oxygens (including phenoxy) is 1. The maximum absolute atomic E-state index is 13.0. The minimum atomic E-state index is -0.327. The predicted octanol–water partition coefficient (Wildman–Crippen LogP) is 10.2. The van der Waals surface area contributed by atoms with E-state index in [2.05, 4.69) is 36.7 Å². The van der Waals surface area contributed by atoms with Crippen LogP contribution < -0.4 is 0 Å². The lowest BCUT2D eigenvalue weighted by Gasteiger charge is -2.08. The lowest BCUT2D eigenvalue weighted by molar-refractivity contribution is -0.137. The molecule has 0 saturated heterocycles. The molecule has 2 rings (SSSR count). The second kappa shape index (κ2) is 20.3. The van der Waals surface area contributed by atoms with Crippen LogP contribution in [0.3, 0.4) is 0 Å². The summed E-state index contributed by atoms with van der Waals surface area (Å²) in [5, 5.41) is 0. The first-order valence-corrected chi connectivity index (χ1v) is 16.1. The topological polar surface area (TPSA) is 48.3 Å². The lowest BCUT2D eigenvalue weighted by atomic mass is 10.0. The first-order chi connectivity index (χ1) is 19.5. The Hall–Kier alpha value is -2.62. The Bertz CT molecular complexity index is 1020. The first kappa shape index (κ1) is 33.6. The van der Waals surface area contributed by atoms with Gasteiger partial charge in [-0.1, -0.05) is 121 Å². The number of Topliss-reactive ketones (excluding diaryl/α,β-unsaturated/α-hetero) is 1. The molecule has 40 heavy (non-hydrogen) atoms. The summed E-state index contributed by atoms with van der Waals surface area (Å²) in [7, 11) is 0. The number of nitrogens with zero attached hydrogens (tertiary/aromatic N) is 1. The van der Waals surface area contributed by atoms with Gasteiger partial charge in [0.2, 0.25) is 0 Å². The molecule has 0 aliphatic heterocycles. The van der Waals surface area contributed by atoms with E-state index in [0.29, 0.717) is 13.0 Å². The average molecular weight is 550 g/mol. The number of hydrogen-bond acceptors (Lipinski definition) is 3. The van der Waals surface area contributed by atoms with Crippen LogP contribution in [0.4, 0.5) is 0 Å². The van der Waals surface area contributed by atoms with Crippen LogP contribution >= 0.6 is 0 Å². The Morgan fingerprint density at radius 1 is 0.750 bits per heavy atom. The van der Waals surface area contributed by atoms with Gasteiger partial charge >= 0.3 is 5.97 Å². The van der Waals surface area contributed by atoms with Gasteiger partial charge in [-0.05, 0) is 50.0 Å². The van der Waals surface area contributed by atoms with Crippen molar-refractivity contribution in [3.63, 3.8) is 0 Å². The molecule has 4 heteroatoms. The fourth-order valence-corrected chi connectivity index (χ4v) is 5.48. The third-order valence-corrected chi connectivity index (χ3v) is 7.85. The molecule has 0 radical (unpaired) electrons. The Balaban J connectivity index is 1.64. The predicted molar refractivity (Wildman–Crippen MR) is 169 cm³/mol. The molecular formula is C36H55NO3. The smallest absolute Gasteiger partial charge is 0.330 e. The fourth-order valence-electron chi connectivity index (χ4n) is 5.48. The highest BCUT2D eigenvalue weighted by molar-refractivity contribution is 5.98. The van der Waals surface area contributed by atoms with Crippen LogP contribution in [0, 0.1) is 13.8 Å². The number of aryl methyl sites for hydroxylation is 1. The van der Waals surface area contributed by atoms with Crippen molar-refractivity contribution < 1.29 is 14.3 Å². The molecule has 0 fully saturated rings. The Kier molecular flexibility index (Phi) is 17.0. The average Bonchev–Trinajstić information content (AvgIpc) is 3.22. The summed E-state index contributed by atoms with van der Waals surface area (Å²) in [6.07, 6.45) is 26.0. The summed E-state index contributed by atoms with van der Waals surface area (Å²) in [6.45, 7) is 9.28. The number of carbonyl (C=O) groups excluding carboxylic acids is 2. The number of unbranched alkanes of at least 4 members (excludes halogenated alkanes) is 14.